The van der Waals surface area contributed by atoms with Crippen LogP contribution in [0.15, 0.2) is 36.5 Å². The summed E-state index contributed by atoms with van der Waals surface area (Å²) in [5, 5.41) is 19.0. The summed E-state index contributed by atoms with van der Waals surface area (Å²) in [5.74, 6) is 0.696. The molecular formula is C15H19N3O. The lowest BCUT2D eigenvalue weighted by atomic mass is 9.78. The maximum atomic E-state index is 10.9. The molecular weight excluding hydrogens is 238 g/mol. The average Bonchev–Trinajstić information content (AvgIpc) is 2.93. The number of rotatable bonds is 2. The Kier molecular flexibility index (Phi) is 3.11. The van der Waals surface area contributed by atoms with Crippen LogP contribution in [0.3, 0.4) is 0 Å². The molecule has 1 aliphatic carbocycles. The molecule has 1 heterocycles. The molecule has 0 bridgehead atoms. The fraction of sp³-hybridized carbons (Fsp3) is 0.467. The number of nitrogens with zero attached hydrogens (tertiary/aromatic N) is 3. The Morgan fingerprint density at radius 1 is 1.21 bits per heavy atom. The van der Waals surface area contributed by atoms with E-state index < -0.39 is 5.60 Å². The monoisotopic (exact) mass is 257 g/mol. The van der Waals surface area contributed by atoms with Crippen LogP contribution in [0.4, 0.5) is 0 Å². The quantitative estimate of drug-likeness (QED) is 0.899. The summed E-state index contributed by atoms with van der Waals surface area (Å²) in [6, 6.07) is 9.86. The zero-order chi connectivity index (χ0) is 13.3. The highest BCUT2D eigenvalue weighted by atomic mass is 16.3. The molecule has 0 amide bonds. The fourth-order valence-electron chi connectivity index (χ4n) is 2.81. The second-order valence-electron chi connectivity index (χ2n) is 5.58. The van der Waals surface area contributed by atoms with Crippen molar-refractivity contribution in [3.8, 4) is 5.69 Å². The highest BCUT2D eigenvalue weighted by Crippen LogP contribution is 2.39. The van der Waals surface area contributed by atoms with Crippen LogP contribution in [-0.2, 0) is 5.60 Å². The van der Waals surface area contributed by atoms with Gasteiger partial charge in [-0.25, -0.2) is 4.68 Å². The third kappa shape index (κ3) is 2.28. The number of benzene rings is 1. The topological polar surface area (TPSA) is 50.9 Å². The number of hydrogen-bond acceptors (Lipinski definition) is 3. The molecule has 4 heteroatoms. The Bertz CT molecular complexity index is 542. The molecule has 3 rings (SSSR count). The summed E-state index contributed by atoms with van der Waals surface area (Å²) in [4.78, 5) is 0. The van der Waals surface area contributed by atoms with Gasteiger partial charge in [-0.3, -0.25) is 0 Å². The van der Waals surface area contributed by atoms with E-state index in [0.717, 1.165) is 37.1 Å². The maximum absolute atomic E-state index is 10.9. The lowest BCUT2D eigenvalue weighted by Gasteiger charge is -2.34. The minimum Gasteiger partial charge on any atom is -0.383 e. The van der Waals surface area contributed by atoms with Crippen LogP contribution in [0.25, 0.3) is 5.69 Å². The van der Waals surface area contributed by atoms with E-state index in [1.807, 2.05) is 30.3 Å². The Labute approximate surface area is 113 Å². The van der Waals surface area contributed by atoms with E-state index in [-0.39, 0.29) is 0 Å². The zero-order valence-corrected chi connectivity index (χ0v) is 11.2. The lowest BCUT2D eigenvalue weighted by Crippen LogP contribution is -2.33. The van der Waals surface area contributed by atoms with Crippen LogP contribution < -0.4 is 0 Å². The van der Waals surface area contributed by atoms with Crippen molar-refractivity contribution in [2.75, 3.05) is 0 Å². The fourth-order valence-corrected chi connectivity index (χ4v) is 2.81. The molecule has 1 saturated carbocycles. The summed E-state index contributed by atoms with van der Waals surface area (Å²) in [5.41, 5.74) is 0.971. The molecule has 0 unspecified atom stereocenters. The van der Waals surface area contributed by atoms with Gasteiger partial charge in [-0.15, -0.1) is 5.10 Å². The molecule has 1 fully saturated rings. The van der Waals surface area contributed by atoms with Crippen molar-refractivity contribution < 1.29 is 5.11 Å². The van der Waals surface area contributed by atoms with Gasteiger partial charge in [0.05, 0.1) is 17.6 Å². The van der Waals surface area contributed by atoms with Gasteiger partial charge in [0.1, 0.15) is 5.60 Å². The molecule has 0 aliphatic heterocycles. The second kappa shape index (κ2) is 4.78. The predicted molar refractivity (Wildman–Crippen MR) is 72.9 cm³/mol. The van der Waals surface area contributed by atoms with E-state index in [4.69, 9.17) is 0 Å². The van der Waals surface area contributed by atoms with Gasteiger partial charge in [0.25, 0.3) is 0 Å². The molecule has 0 radical (unpaired) electrons. The molecule has 4 nitrogen and oxygen atoms in total. The third-order valence-corrected chi connectivity index (χ3v) is 4.13. The number of aliphatic hydroxyl groups is 1. The Morgan fingerprint density at radius 3 is 2.58 bits per heavy atom. The largest absolute Gasteiger partial charge is 0.383 e. The summed E-state index contributed by atoms with van der Waals surface area (Å²) in [6.45, 7) is 2.24. The molecule has 1 aromatic carbocycles. The SMILES string of the molecule is CC1CCC(O)(c2cnnn2-c2ccccc2)CC1. The molecule has 0 atom stereocenters. The van der Waals surface area contributed by atoms with Crippen LogP contribution >= 0.6 is 0 Å². The molecule has 0 saturated heterocycles. The van der Waals surface area contributed by atoms with Crippen molar-refractivity contribution >= 4 is 0 Å². The van der Waals surface area contributed by atoms with Crippen molar-refractivity contribution in [1.82, 2.24) is 15.0 Å². The molecule has 1 N–H and O–H groups in total. The van der Waals surface area contributed by atoms with Crippen LogP contribution in [0.2, 0.25) is 0 Å². The van der Waals surface area contributed by atoms with Gasteiger partial charge in [-0.1, -0.05) is 30.3 Å². The first-order valence-electron chi connectivity index (χ1n) is 6.88. The van der Waals surface area contributed by atoms with E-state index in [1.165, 1.54) is 0 Å². The minimum atomic E-state index is -0.786. The van der Waals surface area contributed by atoms with Gasteiger partial charge < -0.3 is 5.11 Å². The summed E-state index contributed by atoms with van der Waals surface area (Å²) in [6.07, 6.45) is 5.37. The van der Waals surface area contributed by atoms with Crippen molar-refractivity contribution in [3.05, 3.63) is 42.2 Å². The van der Waals surface area contributed by atoms with E-state index in [2.05, 4.69) is 17.2 Å². The summed E-state index contributed by atoms with van der Waals surface area (Å²) < 4.78 is 1.76. The average molecular weight is 257 g/mol. The summed E-state index contributed by atoms with van der Waals surface area (Å²) in [7, 11) is 0. The minimum absolute atomic E-state index is 0.696. The first kappa shape index (κ1) is 12.4. The van der Waals surface area contributed by atoms with E-state index in [1.54, 1.807) is 10.9 Å². The Balaban J connectivity index is 1.96. The van der Waals surface area contributed by atoms with E-state index >= 15 is 0 Å². The first-order chi connectivity index (χ1) is 9.19. The Morgan fingerprint density at radius 2 is 1.89 bits per heavy atom. The van der Waals surface area contributed by atoms with Crippen LogP contribution in [0.5, 0.6) is 0 Å². The highest BCUT2D eigenvalue weighted by Gasteiger charge is 2.36. The second-order valence-corrected chi connectivity index (χ2v) is 5.58. The van der Waals surface area contributed by atoms with Gasteiger partial charge in [-0.2, -0.15) is 0 Å². The zero-order valence-electron chi connectivity index (χ0n) is 11.2. The first-order valence-corrected chi connectivity index (χ1v) is 6.88. The predicted octanol–water partition coefficient (Wildman–Crippen LogP) is 2.67. The molecule has 2 aromatic rings. The Hall–Kier alpha value is -1.68. The van der Waals surface area contributed by atoms with Gasteiger partial charge in [0.15, 0.2) is 0 Å². The van der Waals surface area contributed by atoms with E-state index in [9.17, 15) is 5.11 Å². The van der Waals surface area contributed by atoms with Crippen molar-refractivity contribution in [1.29, 1.82) is 0 Å². The maximum Gasteiger partial charge on any atom is 0.108 e. The van der Waals surface area contributed by atoms with Gasteiger partial charge in [-0.05, 0) is 43.7 Å². The lowest BCUT2D eigenvalue weighted by molar-refractivity contribution is -0.0178. The molecule has 1 aliphatic rings. The molecule has 19 heavy (non-hydrogen) atoms. The van der Waals surface area contributed by atoms with Crippen molar-refractivity contribution in [2.24, 2.45) is 5.92 Å². The number of aromatic nitrogens is 3. The standard InChI is InChI=1S/C15H19N3O/c1-12-7-9-15(19,10-8-12)14-11-16-17-18(14)13-5-3-2-4-6-13/h2-6,11-12,19H,7-10H2,1H3. The van der Waals surface area contributed by atoms with Crippen LogP contribution in [-0.4, -0.2) is 20.1 Å². The number of hydrogen-bond donors (Lipinski definition) is 1. The van der Waals surface area contributed by atoms with E-state index in [0.29, 0.717) is 5.92 Å². The van der Waals surface area contributed by atoms with Crippen LogP contribution in [0.1, 0.15) is 38.3 Å². The normalized spacial score (nSPS) is 27.4. The molecule has 0 spiro atoms. The molecule has 1 aromatic heterocycles. The van der Waals surface area contributed by atoms with Crippen molar-refractivity contribution in [2.45, 2.75) is 38.2 Å². The third-order valence-electron chi connectivity index (χ3n) is 4.13. The van der Waals surface area contributed by atoms with Gasteiger partial charge in [0.2, 0.25) is 0 Å². The van der Waals surface area contributed by atoms with Gasteiger partial charge in [0, 0.05) is 0 Å². The molecule has 100 valence electrons. The smallest absolute Gasteiger partial charge is 0.108 e. The number of para-hydroxylation sites is 1. The van der Waals surface area contributed by atoms with Gasteiger partial charge >= 0.3 is 0 Å². The highest BCUT2D eigenvalue weighted by molar-refractivity contribution is 5.33. The van der Waals surface area contributed by atoms with Crippen molar-refractivity contribution in [3.63, 3.8) is 0 Å². The van der Waals surface area contributed by atoms with Crippen LogP contribution in [0, 0.1) is 5.92 Å². The summed E-state index contributed by atoms with van der Waals surface area (Å²) >= 11 is 0.